The number of fused-ring (bicyclic) bond motifs is 5. The molecule has 0 saturated heterocycles. The van der Waals surface area contributed by atoms with Crippen molar-refractivity contribution in [2.75, 3.05) is 0 Å². The van der Waals surface area contributed by atoms with E-state index in [0.29, 0.717) is 0 Å². The highest BCUT2D eigenvalue weighted by Crippen LogP contribution is 2.46. The van der Waals surface area contributed by atoms with Gasteiger partial charge in [-0.3, -0.25) is 0 Å². The fraction of sp³-hybridized carbons (Fsp3) is 0.0185. The Morgan fingerprint density at radius 3 is 1.46 bits per heavy atom. The summed E-state index contributed by atoms with van der Waals surface area (Å²) in [6.45, 7) is 0. The molecule has 0 unspecified atom stereocenters. The van der Waals surface area contributed by atoms with E-state index in [0.717, 1.165) is 28.0 Å². The molecule has 1 heterocycles. The molecule has 10 aromatic carbocycles. The summed E-state index contributed by atoms with van der Waals surface area (Å²) in [5, 5.41) is 9.98. The number of hydrogen-bond donors (Lipinski definition) is 0. The largest absolute Gasteiger partial charge is 0.327 e. The number of benzene rings is 10. The predicted molar refractivity (Wildman–Crippen MR) is 238 cm³/mol. The van der Waals surface area contributed by atoms with E-state index in [-0.39, 0.29) is 0 Å². The highest BCUT2D eigenvalue weighted by Gasteiger charge is 2.19. The topological polar surface area (TPSA) is 17.8 Å². The van der Waals surface area contributed by atoms with Gasteiger partial charge in [0.05, 0.1) is 11.0 Å². The molecule has 0 bridgehead atoms. The Balaban J connectivity index is 1.11. The van der Waals surface area contributed by atoms with Crippen molar-refractivity contribution in [1.29, 1.82) is 0 Å². The van der Waals surface area contributed by atoms with Crippen LogP contribution in [0.4, 0.5) is 0 Å². The molecular weight excluding hydrogens is 677 g/mol. The summed E-state index contributed by atoms with van der Waals surface area (Å²) in [5.41, 5.74) is 12.9. The van der Waals surface area contributed by atoms with Crippen LogP contribution in [0, 0.1) is 0 Å². The average molecular weight is 713 g/mol. The van der Waals surface area contributed by atoms with Crippen molar-refractivity contribution in [3.8, 4) is 55.9 Å². The average Bonchev–Trinajstić information content (AvgIpc) is 3.60. The van der Waals surface area contributed by atoms with Crippen molar-refractivity contribution in [3.63, 3.8) is 0 Å². The molecule has 56 heavy (non-hydrogen) atoms. The van der Waals surface area contributed by atoms with Gasteiger partial charge >= 0.3 is 0 Å². The van der Waals surface area contributed by atoms with Crippen LogP contribution in [-0.4, -0.2) is 9.55 Å². The predicted octanol–water partition coefficient (Wildman–Crippen LogP) is 14.5. The summed E-state index contributed by atoms with van der Waals surface area (Å²) in [4.78, 5) is 5.08. The van der Waals surface area contributed by atoms with E-state index in [1.54, 1.807) is 0 Å². The zero-order chi connectivity index (χ0) is 37.2. The second-order valence-corrected chi connectivity index (χ2v) is 14.8. The zero-order valence-electron chi connectivity index (χ0n) is 30.9. The van der Waals surface area contributed by atoms with Crippen LogP contribution in [0.25, 0.3) is 110 Å². The van der Waals surface area contributed by atoms with Gasteiger partial charge in [-0.25, -0.2) is 4.98 Å². The molecule has 11 rings (SSSR count). The number of imidazole rings is 1. The minimum Gasteiger partial charge on any atom is -0.327 e. The Kier molecular flexibility index (Phi) is 7.43. The molecule has 0 fully saturated rings. The normalized spacial score (nSPS) is 11.7. The summed E-state index contributed by atoms with van der Waals surface area (Å²) in [5.74, 6) is 0.973. The number of rotatable bonds is 5. The first-order chi connectivity index (χ1) is 27.7. The van der Waals surface area contributed by atoms with E-state index in [1.165, 1.54) is 82.0 Å². The number of aromatic nitrogens is 2. The van der Waals surface area contributed by atoms with Gasteiger partial charge in [-0.1, -0.05) is 164 Å². The molecular formula is C54H36N2. The Bertz CT molecular complexity index is 3320. The van der Waals surface area contributed by atoms with Gasteiger partial charge in [0.25, 0.3) is 0 Å². The van der Waals surface area contributed by atoms with E-state index >= 15 is 0 Å². The molecule has 0 spiro atoms. The molecule has 0 aliphatic carbocycles. The highest BCUT2D eigenvalue weighted by molar-refractivity contribution is 6.22. The van der Waals surface area contributed by atoms with Crippen molar-refractivity contribution in [2.45, 2.75) is 0 Å². The van der Waals surface area contributed by atoms with E-state index < -0.39 is 0 Å². The van der Waals surface area contributed by atoms with Crippen molar-refractivity contribution >= 4 is 54.1 Å². The maximum absolute atomic E-state index is 5.08. The van der Waals surface area contributed by atoms with E-state index in [4.69, 9.17) is 4.98 Å². The minimum atomic E-state index is 0.973. The van der Waals surface area contributed by atoms with E-state index in [9.17, 15) is 0 Å². The zero-order valence-corrected chi connectivity index (χ0v) is 30.9. The number of nitrogens with zero attached hydrogens (tertiary/aromatic N) is 2. The molecule has 2 nitrogen and oxygen atoms in total. The molecule has 11 aromatic rings. The van der Waals surface area contributed by atoms with Crippen molar-refractivity contribution in [2.24, 2.45) is 7.05 Å². The lowest BCUT2D eigenvalue weighted by molar-refractivity contribution is 0.959. The van der Waals surface area contributed by atoms with Crippen LogP contribution in [0.5, 0.6) is 0 Å². The van der Waals surface area contributed by atoms with E-state index in [2.05, 4.69) is 206 Å². The van der Waals surface area contributed by atoms with Crippen LogP contribution in [-0.2, 0) is 7.05 Å². The van der Waals surface area contributed by atoms with Crippen LogP contribution in [0.1, 0.15) is 0 Å². The second kappa shape index (κ2) is 12.9. The van der Waals surface area contributed by atoms with Crippen molar-refractivity contribution in [1.82, 2.24) is 9.55 Å². The first-order valence-corrected chi connectivity index (χ1v) is 19.3. The summed E-state index contributed by atoms with van der Waals surface area (Å²) in [6.07, 6.45) is 0. The quantitative estimate of drug-likeness (QED) is 0.162. The van der Waals surface area contributed by atoms with Crippen LogP contribution < -0.4 is 0 Å². The highest BCUT2D eigenvalue weighted by atomic mass is 15.1. The second-order valence-electron chi connectivity index (χ2n) is 14.8. The van der Waals surface area contributed by atoms with Crippen molar-refractivity contribution < 1.29 is 0 Å². The summed E-state index contributed by atoms with van der Waals surface area (Å²) < 4.78 is 2.18. The third-order valence-corrected chi connectivity index (χ3v) is 11.5. The molecule has 0 radical (unpaired) electrons. The van der Waals surface area contributed by atoms with Crippen LogP contribution >= 0.6 is 0 Å². The molecule has 0 N–H and O–H groups in total. The Labute approximate surface area is 325 Å². The van der Waals surface area contributed by atoms with Gasteiger partial charge in [-0.05, 0) is 124 Å². The Hall–Kier alpha value is -7.29. The van der Waals surface area contributed by atoms with Gasteiger partial charge in [0.1, 0.15) is 5.82 Å². The van der Waals surface area contributed by atoms with Gasteiger partial charge in [0.2, 0.25) is 0 Å². The Morgan fingerprint density at radius 2 is 0.804 bits per heavy atom. The van der Waals surface area contributed by atoms with Gasteiger partial charge in [0, 0.05) is 12.6 Å². The molecule has 0 atom stereocenters. The monoisotopic (exact) mass is 712 g/mol. The Morgan fingerprint density at radius 1 is 0.321 bits per heavy atom. The van der Waals surface area contributed by atoms with Gasteiger partial charge in [0.15, 0.2) is 0 Å². The SMILES string of the molecule is Cn1c(-c2ccccc2)nc2cc(-c3cccc(-c4ccc5c(-c6ccc7ccccc7c6)c6ccccc6c(-c6ccc7ccccc7c6)c5c4)c3)ccc21. The maximum Gasteiger partial charge on any atom is 0.140 e. The molecule has 262 valence electrons. The third-order valence-electron chi connectivity index (χ3n) is 11.5. The lowest BCUT2D eigenvalue weighted by atomic mass is 9.84. The number of hydrogen-bond acceptors (Lipinski definition) is 1. The van der Waals surface area contributed by atoms with Gasteiger partial charge in [-0.2, -0.15) is 0 Å². The summed E-state index contributed by atoms with van der Waals surface area (Å²) in [6, 6.07) is 73.1. The van der Waals surface area contributed by atoms with Gasteiger partial charge < -0.3 is 4.57 Å². The number of aryl methyl sites for hydroxylation is 1. The van der Waals surface area contributed by atoms with Gasteiger partial charge in [-0.15, -0.1) is 0 Å². The molecule has 0 saturated carbocycles. The maximum atomic E-state index is 5.08. The fourth-order valence-corrected chi connectivity index (χ4v) is 8.77. The smallest absolute Gasteiger partial charge is 0.140 e. The summed E-state index contributed by atoms with van der Waals surface area (Å²) in [7, 11) is 2.10. The lowest BCUT2D eigenvalue weighted by Crippen LogP contribution is -1.92. The molecule has 1 aromatic heterocycles. The van der Waals surface area contributed by atoms with Crippen molar-refractivity contribution in [3.05, 3.63) is 200 Å². The molecule has 0 aliphatic rings. The lowest BCUT2D eigenvalue weighted by Gasteiger charge is -2.19. The summed E-state index contributed by atoms with van der Waals surface area (Å²) >= 11 is 0. The van der Waals surface area contributed by atoms with E-state index in [1.807, 2.05) is 6.07 Å². The first-order valence-electron chi connectivity index (χ1n) is 19.3. The van der Waals surface area contributed by atoms with Crippen LogP contribution in [0.3, 0.4) is 0 Å². The standard InChI is InChI=1S/C54H36N2/c1-56-51-29-27-43(34-50(51)55-54(56)37-14-3-2-4-15-37)41-19-11-18-40(30-41)42-26-28-48-49(33-42)53(45-25-23-36-13-6-8-17-39(36)32-45)47-21-10-9-20-46(47)52(48)44-24-22-35-12-5-7-16-38(35)31-44/h2-34H,1H3. The fourth-order valence-electron chi connectivity index (χ4n) is 8.77. The first kappa shape index (κ1) is 32.2. The minimum absolute atomic E-state index is 0.973. The molecule has 0 amide bonds. The molecule has 2 heteroatoms. The third kappa shape index (κ3) is 5.30. The molecule has 0 aliphatic heterocycles. The van der Waals surface area contributed by atoms with Crippen LogP contribution in [0.2, 0.25) is 0 Å². The van der Waals surface area contributed by atoms with Crippen LogP contribution in [0.15, 0.2) is 200 Å².